The summed E-state index contributed by atoms with van der Waals surface area (Å²) in [7, 11) is 0. The highest BCUT2D eigenvalue weighted by Gasteiger charge is 2.19. The van der Waals surface area contributed by atoms with Gasteiger partial charge in [0.2, 0.25) is 5.91 Å². The second-order valence-electron chi connectivity index (χ2n) is 6.78. The van der Waals surface area contributed by atoms with Crippen LogP contribution in [-0.4, -0.2) is 57.6 Å². The molecule has 1 heterocycles. The van der Waals surface area contributed by atoms with Gasteiger partial charge in [0, 0.05) is 18.8 Å². The Morgan fingerprint density at radius 3 is 2.62 bits per heavy atom. The number of unbranched alkanes of at least 4 members (excludes halogenated alkanes) is 3. The standard InChI is InChI=1S/C19H32N4O6/c1-13(25)16(12-24)29-14(2)23-11-15(18(27)22-19(23)28)7-8-17(26)21-10-6-4-3-5-9-20/h7-8,11,13-14,16,24-25H,3-6,9-10,12,20H2,1-2H3,(H,21,26)(H,22,27,28)/b8-7+/t13-,14-,16-/m1/s1. The van der Waals surface area contributed by atoms with Crippen molar-refractivity contribution in [3.8, 4) is 0 Å². The molecule has 0 spiro atoms. The molecule has 0 bridgehead atoms. The van der Waals surface area contributed by atoms with Gasteiger partial charge in [0.05, 0.1) is 18.3 Å². The highest BCUT2D eigenvalue weighted by atomic mass is 16.5. The van der Waals surface area contributed by atoms with Crippen LogP contribution in [-0.2, 0) is 9.53 Å². The Hall–Kier alpha value is -2.27. The maximum atomic E-state index is 12.1. The first kappa shape index (κ1) is 24.8. The second-order valence-corrected chi connectivity index (χ2v) is 6.78. The zero-order valence-electron chi connectivity index (χ0n) is 17.0. The first-order chi connectivity index (χ1) is 13.8. The second kappa shape index (κ2) is 13.0. The number of hydrogen-bond acceptors (Lipinski definition) is 7. The van der Waals surface area contributed by atoms with Gasteiger partial charge in [-0.2, -0.15) is 0 Å². The highest BCUT2D eigenvalue weighted by molar-refractivity contribution is 5.91. The molecule has 1 aromatic heterocycles. The van der Waals surface area contributed by atoms with E-state index in [0.29, 0.717) is 13.1 Å². The molecule has 0 aliphatic rings. The monoisotopic (exact) mass is 412 g/mol. The summed E-state index contributed by atoms with van der Waals surface area (Å²) in [6, 6.07) is 0. The summed E-state index contributed by atoms with van der Waals surface area (Å²) in [5.74, 6) is -0.347. The zero-order chi connectivity index (χ0) is 21.8. The van der Waals surface area contributed by atoms with Crippen molar-refractivity contribution in [3.05, 3.63) is 38.7 Å². The minimum Gasteiger partial charge on any atom is -0.394 e. The minimum absolute atomic E-state index is 0.0933. The fourth-order valence-corrected chi connectivity index (χ4v) is 2.58. The number of aromatic amines is 1. The molecule has 0 radical (unpaired) electrons. The lowest BCUT2D eigenvalue weighted by molar-refractivity contribution is -0.116. The topological polar surface area (TPSA) is 160 Å². The van der Waals surface area contributed by atoms with E-state index in [4.69, 9.17) is 10.5 Å². The lowest BCUT2D eigenvalue weighted by Crippen LogP contribution is -2.37. The Morgan fingerprint density at radius 1 is 1.31 bits per heavy atom. The molecule has 0 aromatic carbocycles. The molecule has 1 aromatic rings. The molecule has 1 amide bonds. The zero-order valence-corrected chi connectivity index (χ0v) is 17.0. The summed E-state index contributed by atoms with van der Waals surface area (Å²) in [6.45, 7) is 3.74. The number of aliphatic hydroxyl groups is 2. The normalized spacial score (nSPS) is 14.7. The number of rotatable bonds is 13. The molecule has 10 heteroatoms. The average molecular weight is 412 g/mol. The Balaban J connectivity index is 2.76. The SMILES string of the molecule is C[C@@H](O)[C@@H](CO)O[C@H](C)n1cc(/C=C/C(=O)NCCCCCCN)c(=O)[nH]c1=O. The molecule has 0 unspecified atom stereocenters. The van der Waals surface area contributed by atoms with Gasteiger partial charge in [-0.05, 0) is 39.3 Å². The first-order valence-electron chi connectivity index (χ1n) is 9.76. The highest BCUT2D eigenvalue weighted by Crippen LogP contribution is 2.11. The van der Waals surface area contributed by atoms with Gasteiger partial charge in [-0.1, -0.05) is 12.8 Å². The number of aliphatic hydroxyl groups excluding tert-OH is 2. The summed E-state index contributed by atoms with van der Waals surface area (Å²) in [5.41, 5.74) is 4.17. The fraction of sp³-hybridized carbons (Fsp3) is 0.632. The summed E-state index contributed by atoms with van der Waals surface area (Å²) in [4.78, 5) is 38.1. The van der Waals surface area contributed by atoms with Crippen LogP contribution in [0.15, 0.2) is 21.9 Å². The maximum Gasteiger partial charge on any atom is 0.330 e. The van der Waals surface area contributed by atoms with Crippen molar-refractivity contribution in [1.82, 2.24) is 14.9 Å². The van der Waals surface area contributed by atoms with Gasteiger partial charge in [-0.3, -0.25) is 19.1 Å². The number of carbonyl (C=O) groups excluding carboxylic acids is 1. The van der Waals surface area contributed by atoms with E-state index >= 15 is 0 Å². The summed E-state index contributed by atoms with van der Waals surface area (Å²) >= 11 is 0. The molecule has 164 valence electrons. The number of nitrogens with zero attached hydrogens (tertiary/aromatic N) is 1. The average Bonchev–Trinajstić information content (AvgIpc) is 2.67. The summed E-state index contributed by atoms with van der Waals surface area (Å²) in [6.07, 6.45) is 4.90. The van der Waals surface area contributed by atoms with Crippen molar-refractivity contribution in [2.24, 2.45) is 5.73 Å². The van der Waals surface area contributed by atoms with E-state index in [1.165, 1.54) is 32.2 Å². The van der Waals surface area contributed by atoms with Crippen molar-refractivity contribution in [2.45, 2.75) is 58.0 Å². The van der Waals surface area contributed by atoms with Crippen LogP contribution in [0.4, 0.5) is 0 Å². The summed E-state index contributed by atoms with van der Waals surface area (Å²) in [5, 5.41) is 21.5. The van der Waals surface area contributed by atoms with E-state index in [1.54, 1.807) is 0 Å². The molecular weight excluding hydrogens is 380 g/mol. The maximum absolute atomic E-state index is 12.1. The van der Waals surface area contributed by atoms with Gasteiger partial charge < -0.3 is 26.0 Å². The van der Waals surface area contributed by atoms with Crippen molar-refractivity contribution >= 4 is 12.0 Å². The predicted molar refractivity (Wildman–Crippen MR) is 109 cm³/mol. The van der Waals surface area contributed by atoms with Crippen LogP contribution in [0, 0.1) is 0 Å². The number of amides is 1. The third-order valence-corrected chi connectivity index (χ3v) is 4.32. The van der Waals surface area contributed by atoms with E-state index in [1.807, 2.05) is 0 Å². The van der Waals surface area contributed by atoms with Gasteiger partial charge in [0.25, 0.3) is 5.56 Å². The molecule has 10 nitrogen and oxygen atoms in total. The van der Waals surface area contributed by atoms with E-state index in [0.717, 1.165) is 30.3 Å². The molecule has 3 atom stereocenters. The quantitative estimate of drug-likeness (QED) is 0.215. The number of nitrogens with one attached hydrogen (secondary N) is 2. The van der Waals surface area contributed by atoms with Crippen LogP contribution in [0.5, 0.6) is 0 Å². The third-order valence-electron chi connectivity index (χ3n) is 4.32. The summed E-state index contributed by atoms with van der Waals surface area (Å²) < 4.78 is 6.58. The van der Waals surface area contributed by atoms with E-state index in [-0.39, 0.29) is 11.5 Å². The van der Waals surface area contributed by atoms with Gasteiger partial charge in [-0.25, -0.2) is 4.79 Å². The number of H-pyrrole nitrogens is 1. The number of ether oxygens (including phenoxy) is 1. The number of hydrogen-bond donors (Lipinski definition) is 5. The molecular formula is C19H32N4O6. The van der Waals surface area contributed by atoms with E-state index in [9.17, 15) is 24.6 Å². The Morgan fingerprint density at radius 2 is 2.00 bits per heavy atom. The lowest BCUT2D eigenvalue weighted by Gasteiger charge is -2.24. The predicted octanol–water partition coefficient (Wildman–Crippen LogP) is -0.538. The van der Waals surface area contributed by atoms with Gasteiger partial charge >= 0.3 is 5.69 Å². The number of nitrogens with two attached hydrogens (primary N) is 1. The fourth-order valence-electron chi connectivity index (χ4n) is 2.58. The molecule has 0 aliphatic heterocycles. The van der Waals surface area contributed by atoms with Gasteiger partial charge in [-0.15, -0.1) is 0 Å². The van der Waals surface area contributed by atoms with Gasteiger partial charge in [0.15, 0.2) is 0 Å². The smallest absolute Gasteiger partial charge is 0.330 e. The van der Waals surface area contributed by atoms with Crippen LogP contribution in [0.25, 0.3) is 6.08 Å². The first-order valence-corrected chi connectivity index (χ1v) is 9.76. The molecule has 0 fully saturated rings. The Kier molecular flexibility index (Phi) is 11.1. The molecule has 1 rings (SSSR count). The van der Waals surface area contributed by atoms with Crippen LogP contribution < -0.4 is 22.3 Å². The van der Waals surface area contributed by atoms with Crippen LogP contribution >= 0.6 is 0 Å². The molecule has 0 saturated heterocycles. The minimum atomic E-state index is -0.945. The molecule has 0 aliphatic carbocycles. The Bertz CT molecular complexity index is 771. The number of aromatic nitrogens is 2. The molecule has 29 heavy (non-hydrogen) atoms. The third kappa shape index (κ3) is 8.73. The van der Waals surface area contributed by atoms with Crippen molar-refractivity contribution < 1.29 is 19.7 Å². The van der Waals surface area contributed by atoms with Gasteiger partial charge in [0.1, 0.15) is 12.3 Å². The van der Waals surface area contributed by atoms with Crippen LogP contribution in [0.2, 0.25) is 0 Å². The van der Waals surface area contributed by atoms with Crippen LogP contribution in [0.3, 0.4) is 0 Å². The van der Waals surface area contributed by atoms with Crippen molar-refractivity contribution in [1.29, 1.82) is 0 Å². The lowest BCUT2D eigenvalue weighted by atomic mass is 10.2. The van der Waals surface area contributed by atoms with E-state index < -0.39 is 36.3 Å². The number of carbonyl (C=O) groups is 1. The molecule has 0 saturated carbocycles. The molecule has 6 N–H and O–H groups in total. The Labute approximate surface area is 169 Å². The largest absolute Gasteiger partial charge is 0.394 e. The van der Waals surface area contributed by atoms with Crippen LogP contribution in [0.1, 0.15) is 51.3 Å². The van der Waals surface area contributed by atoms with Crippen molar-refractivity contribution in [2.75, 3.05) is 19.7 Å². The van der Waals surface area contributed by atoms with E-state index in [2.05, 4.69) is 10.3 Å². The van der Waals surface area contributed by atoms with Crippen molar-refractivity contribution in [3.63, 3.8) is 0 Å².